The van der Waals surface area contributed by atoms with Crippen LogP contribution in [0.25, 0.3) is 5.57 Å². The zero-order valence-corrected chi connectivity index (χ0v) is 10.3. The van der Waals surface area contributed by atoms with Gasteiger partial charge in [0.05, 0.1) is 11.3 Å². The first-order valence-corrected chi connectivity index (χ1v) is 5.46. The number of nitrogens with one attached hydrogen (secondary N) is 2. The summed E-state index contributed by atoms with van der Waals surface area (Å²) in [4.78, 5) is 0. The quantitative estimate of drug-likeness (QED) is 0.816. The number of aryl methyl sites for hydroxylation is 1. The van der Waals surface area contributed by atoms with E-state index >= 15 is 0 Å². The van der Waals surface area contributed by atoms with Crippen LogP contribution in [0.4, 0.5) is 10.1 Å². The first-order chi connectivity index (χ1) is 9.65. The summed E-state index contributed by atoms with van der Waals surface area (Å²) < 4.78 is 13.5. The second-order valence-corrected chi connectivity index (χ2v) is 3.81. The van der Waals surface area contributed by atoms with Crippen LogP contribution in [0.1, 0.15) is 17.0 Å². The predicted octanol–water partition coefficient (Wildman–Crippen LogP) is 1.50. The highest BCUT2D eigenvalue weighted by atomic mass is 19.1. The van der Waals surface area contributed by atoms with Gasteiger partial charge in [0, 0.05) is 6.20 Å². The van der Waals surface area contributed by atoms with Crippen molar-refractivity contribution in [3.63, 3.8) is 0 Å². The smallest absolute Gasteiger partial charge is 0.216 e. The molecule has 0 saturated heterocycles. The lowest BCUT2D eigenvalue weighted by Gasteiger charge is -2.06. The van der Waals surface area contributed by atoms with Gasteiger partial charge in [0.2, 0.25) is 5.82 Å². The van der Waals surface area contributed by atoms with Gasteiger partial charge < -0.3 is 5.32 Å². The Morgan fingerprint density at radius 2 is 2.25 bits per heavy atom. The summed E-state index contributed by atoms with van der Waals surface area (Å²) in [6.45, 7) is 1.57. The number of benzene rings is 1. The molecule has 1 aromatic carbocycles. The number of aromatic amines is 1. The monoisotopic (exact) mass is 269 g/mol. The number of hydrogen-bond acceptors (Lipinski definition) is 6. The van der Waals surface area contributed by atoms with E-state index in [9.17, 15) is 4.39 Å². The van der Waals surface area contributed by atoms with E-state index in [1.54, 1.807) is 6.92 Å². The maximum atomic E-state index is 13.5. The molecule has 20 heavy (non-hydrogen) atoms. The van der Waals surface area contributed by atoms with Crippen molar-refractivity contribution in [2.75, 3.05) is 5.32 Å². The molecule has 98 valence electrons. The first kappa shape index (κ1) is 13.2. The Morgan fingerprint density at radius 3 is 2.85 bits per heavy atom. The maximum absolute atomic E-state index is 13.5. The van der Waals surface area contributed by atoms with Crippen LogP contribution in [-0.4, -0.2) is 20.6 Å². The zero-order chi connectivity index (χ0) is 14.5. The molecule has 0 spiro atoms. The van der Waals surface area contributed by atoms with Gasteiger partial charge in [-0.05, 0) is 29.8 Å². The molecule has 7 nitrogen and oxygen atoms in total. The second kappa shape index (κ2) is 5.59. The lowest BCUT2D eigenvalue weighted by atomic mass is 10.1. The average molecular weight is 269 g/mol. The van der Waals surface area contributed by atoms with Gasteiger partial charge in [-0.3, -0.25) is 0 Å². The average Bonchev–Trinajstić information content (AvgIpc) is 2.97. The Morgan fingerprint density at radius 1 is 1.45 bits per heavy atom. The highest BCUT2D eigenvalue weighted by Crippen LogP contribution is 2.20. The summed E-state index contributed by atoms with van der Waals surface area (Å²) in [5, 5.41) is 33.6. The minimum atomic E-state index is -0.446. The first-order valence-electron chi connectivity index (χ1n) is 5.46. The number of hydrogen-bond donors (Lipinski definition) is 2. The normalized spacial score (nSPS) is 10.7. The molecule has 2 aromatic rings. The number of halogens is 1. The third kappa shape index (κ3) is 2.60. The van der Waals surface area contributed by atoms with E-state index in [0.717, 1.165) is 0 Å². The van der Waals surface area contributed by atoms with Gasteiger partial charge in [0.1, 0.15) is 23.5 Å². The molecule has 0 bridgehead atoms. The standard InChI is InChI=1S/C12H8FN7/c1-7-2-8(4-14)11(3-10(7)13)16-6-9(5-15)12-17-19-20-18-12/h2-3,6,16H,1H3,(H,17,18,19,20). The summed E-state index contributed by atoms with van der Waals surface area (Å²) in [5.41, 5.74) is 0.996. The van der Waals surface area contributed by atoms with Crippen molar-refractivity contribution in [1.29, 1.82) is 10.5 Å². The maximum Gasteiger partial charge on any atom is 0.216 e. The Kier molecular flexibility index (Phi) is 3.68. The molecular weight excluding hydrogens is 261 g/mol. The van der Waals surface area contributed by atoms with Crippen molar-refractivity contribution in [2.24, 2.45) is 0 Å². The van der Waals surface area contributed by atoms with E-state index in [2.05, 4.69) is 25.9 Å². The lowest BCUT2D eigenvalue weighted by Crippen LogP contribution is -1.97. The Bertz CT molecular complexity index is 734. The van der Waals surface area contributed by atoms with E-state index in [1.165, 1.54) is 18.3 Å². The molecular formula is C12H8FN7. The predicted molar refractivity (Wildman–Crippen MR) is 67.2 cm³/mol. The van der Waals surface area contributed by atoms with Crippen molar-refractivity contribution in [3.8, 4) is 12.1 Å². The Labute approximate surface area is 113 Å². The summed E-state index contributed by atoms with van der Waals surface area (Å²) >= 11 is 0. The number of anilines is 1. The number of nitrogens with zero attached hydrogens (tertiary/aromatic N) is 5. The summed E-state index contributed by atoms with van der Waals surface area (Å²) in [6.07, 6.45) is 1.29. The zero-order valence-electron chi connectivity index (χ0n) is 10.3. The van der Waals surface area contributed by atoms with Crippen molar-refractivity contribution in [1.82, 2.24) is 20.6 Å². The number of aromatic nitrogens is 4. The molecule has 2 rings (SSSR count). The highest BCUT2D eigenvalue weighted by Gasteiger charge is 2.09. The van der Waals surface area contributed by atoms with Crippen molar-refractivity contribution in [3.05, 3.63) is 41.1 Å². The van der Waals surface area contributed by atoms with Crippen molar-refractivity contribution >= 4 is 11.3 Å². The molecule has 1 heterocycles. The van der Waals surface area contributed by atoms with Crippen molar-refractivity contribution in [2.45, 2.75) is 6.92 Å². The SMILES string of the molecule is Cc1cc(C#N)c(NC=C(C#N)c2nn[nH]n2)cc1F. The topological polar surface area (TPSA) is 114 Å². The van der Waals surface area contributed by atoms with Crippen LogP contribution in [0.15, 0.2) is 18.3 Å². The minimum Gasteiger partial charge on any atom is -0.359 e. The second-order valence-electron chi connectivity index (χ2n) is 3.81. The van der Waals surface area contributed by atoms with E-state index in [4.69, 9.17) is 10.5 Å². The van der Waals surface area contributed by atoms with Gasteiger partial charge >= 0.3 is 0 Å². The highest BCUT2D eigenvalue weighted by molar-refractivity contribution is 5.75. The molecule has 0 aliphatic rings. The molecule has 0 atom stereocenters. The van der Waals surface area contributed by atoms with Gasteiger partial charge in [-0.2, -0.15) is 15.7 Å². The fourth-order valence-corrected chi connectivity index (χ4v) is 1.47. The molecule has 0 radical (unpaired) electrons. The Balaban J connectivity index is 2.34. The van der Waals surface area contributed by atoms with Crippen LogP contribution >= 0.6 is 0 Å². The van der Waals surface area contributed by atoms with Crippen LogP contribution in [0.3, 0.4) is 0 Å². The number of H-pyrrole nitrogens is 1. The molecule has 1 aromatic heterocycles. The molecule has 0 fully saturated rings. The number of rotatable bonds is 3. The number of nitriles is 2. The number of allylic oxidation sites excluding steroid dienone is 1. The van der Waals surface area contributed by atoms with Crippen molar-refractivity contribution < 1.29 is 4.39 Å². The molecule has 0 aliphatic heterocycles. The molecule has 0 amide bonds. The third-order valence-electron chi connectivity index (χ3n) is 2.50. The van der Waals surface area contributed by atoms with E-state index in [-0.39, 0.29) is 22.6 Å². The van der Waals surface area contributed by atoms with Crippen LogP contribution < -0.4 is 5.32 Å². The summed E-state index contributed by atoms with van der Waals surface area (Å²) in [7, 11) is 0. The van der Waals surface area contributed by atoms with Crippen LogP contribution in [0.2, 0.25) is 0 Å². The largest absolute Gasteiger partial charge is 0.359 e. The Hall–Kier alpha value is -3.26. The number of tetrazole rings is 1. The van der Waals surface area contributed by atoms with Gasteiger partial charge in [-0.15, -0.1) is 10.2 Å². The third-order valence-corrected chi connectivity index (χ3v) is 2.50. The van der Waals surface area contributed by atoms with E-state index < -0.39 is 5.82 Å². The summed E-state index contributed by atoms with van der Waals surface area (Å²) in [6, 6.07) is 6.44. The molecule has 0 aliphatic carbocycles. The molecule has 0 saturated carbocycles. The van der Waals surface area contributed by atoms with Crippen LogP contribution in [-0.2, 0) is 0 Å². The lowest BCUT2D eigenvalue weighted by molar-refractivity contribution is 0.619. The fraction of sp³-hybridized carbons (Fsp3) is 0.0833. The van der Waals surface area contributed by atoms with Gasteiger partial charge in [-0.1, -0.05) is 0 Å². The minimum absolute atomic E-state index is 0.101. The fourth-order valence-electron chi connectivity index (χ4n) is 1.47. The van der Waals surface area contributed by atoms with E-state index in [1.807, 2.05) is 12.1 Å². The molecule has 0 unspecified atom stereocenters. The molecule has 2 N–H and O–H groups in total. The molecule has 8 heteroatoms. The summed E-state index contributed by atoms with van der Waals surface area (Å²) in [5.74, 6) is -0.343. The van der Waals surface area contributed by atoms with Crippen LogP contribution in [0.5, 0.6) is 0 Å². The van der Waals surface area contributed by atoms with Gasteiger partial charge in [-0.25, -0.2) is 4.39 Å². The van der Waals surface area contributed by atoms with E-state index in [0.29, 0.717) is 5.56 Å². The van der Waals surface area contributed by atoms with Gasteiger partial charge in [0.15, 0.2) is 0 Å². The van der Waals surface area contributed by atoms with Gasteiger partial charge in [0.25, 0.3) is 0 Å². The van der Waals surface area contributed by atoms with Crippen LogP contribution in [0, 0.1) is 35.4 Å².